The van der Waals surface area contributed by atoms with Crippen LogP contribution < -0.4 is 11.1 Å². The molecular weight excluding hydrogens is 224 g/mol. The highest BCUT2D eigenvalue weighted by atomic mass is 16.1. The highest BCUT2D eigenvalue weighted by Crippen LogP contribution is 2.18. The predicted molar refractivity (Wildman–Crippen MR) is 75.4 cm³/mol. The van der Waals surface area contributed by atoms with Crippen LogP contribution in [0.25, 0.3) is 0 Å². The summed E-state index contributed by atoms with van der Waals surface area (Å²) in [5.74, 6) is 0.590. The van der Waals surface area contributed by atoms with Gasteiger partial charge in [-0.15, -0.1) is 0 Å². The number of carbonyl (C=O) groups is 1. The molecule has 0 aromatic heterocycles. The van der Waals surface area contributed by atoms with Crippen molar-refractivity contribution in [2.24, 2.45) is 5.73 Å². The third kappa shape index (κ3) is 4.49. The average Bonchev–Trinajstić information content (AvgIpc) is 2.35. The highest BCUT2D eigenvalue weighted by molar-refractivity contribution is 5.75. The van der Waals surface area contributed by atoms with Crippen molar-refractivity contribution in [2.45, 2.75) is 46.1 Å². The molecule has 0 radical (unpaired) electrons. The third-order valence-electron chi connectivity index (χ3n) is 3.12. The first-order valence-corrected chi connectivity index (χ1v) is 6.60. The molecule has 0 spiro atoms. The lowest BCUT2D eigenvalue weighted by Crippen LogP contribution is -2.23. The minimum Gasteiger partial charge on any atom is -0.352 e. The van der Waals surface area contributed by atoms with Crippen LogP contribution >= 0.6 is 0 Å². The second-order valence-corrected chi connectivity index (χ2v) is 5.01. The zero-order valence-electron chi connectivity index (χ0n) is 11.6. The van der Waals surface area contributed by atoms with Crippen LogP contribution in [-0.4, -0.2) is 12.5 Å². The van der Waals surface area contributed by atoms with Gasteiger partial charge in [0.2, 0.25) is 5.91 Å². The van der Waals surface area contributed by atoms with E-state index in [0.29, 0.717) is 25.4 Å². The van der Waals surface area contributed by atoms with E-state index in [1.807, 2.05) is 0 Å². The number of hydrogen-bond acceptors (Lipinski definition) is 2. The second kappa shape index (κ2) is 7.17. The van der Waals surface area contributed by atoms with Crippen LogP contribution in [0.2, 0.25) is 0 Å². The molecule has 3 nitrogen and oxygen atoms in total. The Kier molecular flexibility index (Phi) is 5.86. The quantitative estimate of drug-likeness (QED) is 0.812. The first-order valence-electron chi connectivity index (χ1n) is 6.60. The standard InChI is InChI=1S/C15H24N2O/c1-11(2)13-7-6-12(3)14(9-13)10-17-15(18)5-4-8-16/h6-7,9,11H,4-5,8,10,16H2,1-3H3,(H,17,18). The molecule has 1 aromatic rings. The molecule has 0 unspecified atom stereocenters. The van der Waals surface area contributed by atoms with Crippen LogP contribution in [0.3, 0.4) is 0 Å². The zero-order valence-corrected chi connectivity index (χ0v) is 11.6. The molecule has 100 valence electrons. The van der Waals surface area contributed by atoms with Gasteiger partial charge in [0.1, 0.15) is 0 Å². The Morgan fingerprint density at radius 1 is 1.39 bits per heavy atom. The van der Waals surface area contributed by atoms with Crippen LogP contribution in [0.4, 0.5) is 0 Å². The van der Waals surface area contributed by atoms with Gasteiger partial charge in [-0.2, -0.15) is 0 Å². The maximum Gasteiger partial charge on any atom is 0.220 e. The Hall–Kier alpha value is -1.35. The molecule has 0 bridgehead atoms. The van der Waals surface area contributed by atoms with Crippen molar-refractivity contribution >= 4 is 5.91 Å². The van der Waals surface area contributed by atoms with E-state index < -0.39 is 0 Å². The summed E-state index contributed by atoms with van der Waals surface area (Å²) in [5, 5.41) is 2.95. The molecule has 1 rings (SSSR count). The molecule has 0 atom stereocenters. The summed E-state index contributed by atoms with van der Waals surface area (Å²) in [4.78, 5) is 11.5. The van der Waals surface area contributed by atoms with E-state index in [2.05, 4.69) is 44.3 Å². The summed E-state index contributed by atoms with van der Waals surface area (Å²) >= 11 is 0. The van der Waals surface area contributed by atoms with Crippen molar-refractivity contribution in [1.82, 2.24) is 5.32 Å². The molecule has 1 aromatic carbocycles. The molecule has 0 heterocycles. The molecule has 18 heavy (non-hydrogen) atoms. The highest BCUT2D eigenvalue weighted by Gasteiger charge is 2.05. The summed E-state index contributed by atoms with van der Waals surface area (Å²) in [6.07, 6.45) is 1.26. The van der Waals surface area contributed by atoms with E-state index in [-0.39, 0.29) is 5.91 Å². The first kappa shape index (κ1) is 14.7. The van der Waals surface area contributed by atoms with E-state index in [9.17, 15) is 4.79 Å². The van der Waals surface area contributed by atoms with Crippen molar-refractivity contribution in [1.29, 1.82) is 0 Å². The molecule has 3 N–H and O–H groups in total. The van der Waals surface area contributed by atoms with E-state index in [1.165, 1.54) is 16.7 Å². The van der Waals surface area contributed by atoms with Gasteiger partial charge in [0.25, 0.3) is 0 Å². The lowest BCUT2D eigenvalue weighted by atomic mass is 9.98. The van der Waals surface area contributed by atoms with Crippen molar-refractivity contribution in [3.63, 3.8) is 0 Å². The number of nitrogens with one attached hydrogen (secondary N) is 1. The molecule has 0 fully saturated rings. The number of hydrogen-bond donors (Lipinski definition) is 2. The summed E-state index contributed by atoms with van der Waals surface area (Å²) in [6, 6.07) is 6.46. The van der Waals surface area contributed by atoms with Gasteiger partial charge in [0.15, 0.2) is 0 Å². The topological polar surface area (TPSA) is 55.1 Å². The van der Waals surface area contributed by atoms with Gasteiger partial charge >= 0.3 is 0 Å². The maximum absolute atomic E-state index is 11.5. The molecule has 0 aliphatic carbocycles. The molecular formula is C15H24N2O. The van der Waals surface area contributed by atoms with Gasteiger partial charge in [-0.3, -0.25) is 4.79 Å². The van der Waals surface area contributed by atoms with E-state index in [0.717, 1.165) is 6.42 Å². The van der Waals surface area contributed by atoms with Crippen LogP contribution in [0.5, 0.6) is 0 Å². The number of benzene rings is 1. The number of carbonyl (C=O) groups excluding carboxylic acids is 1. The Morgan fingerprint density at radius 2 is 2.11 bits per heavy atom. The molecule has 0 aliphatic rings. The summed E-state index contributed by atoms with van der Waals surface area (Å²) < 4.78 is 0. The number of aryl methyl sites for hydroxylation is 1. The largest absolute Gasteiger partial charge is 0.352 e. The summed E-state index contributed by atoms with van der Waals surface area (Å²) in [7, 11) is 0. The fraction of sp³-hybridized carbons (Fsp3) is 0.533. The number of rotatable bonds is 6. The predicted octanol–water partition coefficient (Wildman–Crippen LogP) is 2.47. The fourth-order valence-corrected chi connectivity index (χ4v) is 1.79. The molecule has 0 aliphatic heterocycles. The van der Waals surface area contributed by atoms with Crippen molar-refractivity contribution in [3.8, 4) is 0 Å². The van der Waals surface area contributed by atoms with Gasteiger partial charge < -0.3 is 11.1 Å². The van der Waals surface area contributed by atoms with Crippen LogP contribution in [0.1, 0.15) is 49.3 Å². The third-order valence-corrected chi connectivity index (χ3v) is 3.12. The van der Waals surface area contributed by atoms with Gasteiger partial charge in [0, 0.05) is 13.0 Å². The second-order valence-electron chi connectivity index (χ2n) is 5.01. The Morgan fingerprint density at radius 3 is 2.72 bits per heavy atom. The Bertz CT molecular complexity index is 399. The smallest absolute Gasteiger partial charge is 0.220 e. The van der Waals surface area contributed by atoms with Crippen LogP contribution in [0, 0.1) is 6.92 Å². The van der Waals surface area contributed by atoms with Crippen LogP contribution in [0.15, 0.2) is 18.2 Å². The van der Waals surface area contributed by atoms with E-state index in [4.69, 9.17) is 5.73 Å². The average molecular weight is 248 g/mol. The lowest BCUT2D eigenvalue weighted by molar-refractivity contribution is -0.121. The molecule has 0 saturated carbocycles. The monoisotopic (exact) mass is 248 g/mol. The Labute approximate surface area is 110 Å². The minimum absolute atomic E-state index is 0.0785. The Balaban J connectivity index is 2.61. The zero-order chi connectivity index (χ0) is 13.5. The number of amides is 1. The van der Waals surface area contributed by atoms with Gasteiger partial charge in [-0.05, 0) is 42.5 Å². The van der Waals surface area contributed by atoms with Crippen molar-refractivity contribution < 1.29 is 4.79 Å². The van der Waals surface area contributed by atoms with Gasteiger partial charge in [0.05, 0.1) is 0 Å². The fourth-order valence-electron chi connectivity index (χ4n) is 1.79. The van der Waals surface area contributed by atoms with Crippen molar-refractivity contribution in [3.05, 3.63) is 34.9 Å². The van der Waals surface area contributed by atoms with E-state index >= 15 is 0 Å². The normalized spacial score (nSPS) is 10.7. The lowest BCUT2D eigenvalue weighted by Gasteiger charge is -2.12. The van der Waals surface area contributed by atoms with Gasteiger partial charge in [-0.25, -0.2) is 0 Å². The first-order chi connectivity index (χ1) is 8.54. The SMILES string of the molecule is Cc1ccc(C(C)C)cc1CNC(=O)CCCN. The molecule has 1 amide bonds. The maximum atomic E-state index is 11.5. The molecule has 3 heteroatoms. The van der Waals surface area contributed by atoms with Gasteiger partial charge in [-0.1, -0.05) is 32.0 Å². The summed E-state index contributed by atoms with van der Waals surface area (Å²) in [5.41, 5.74) is 9.11. The molecule has 0 saturated heterocycles. The van der Waals surface area contributed by atoms with Crippen LogP contribution in [-0.2, 0) is 11.3 Å². The minimum atomic E-state index is 0.0785. The van der Waals surface area contributed by atoms with Crippen molar-refractivity contribution in [2.75, 3.05) is 6.54 Å². The van der Waals surface area contributed by atoms with E-state index in [1.54, 1.807) is 0 Å². The summed E-state index contributed by atoms with van der Waals surface area (Å²) in [6.45, 7) is 7.60. The number of nitrogens with two attached hydrogens (primary N) is 1.